The fourth-order valence-corrected chi connectivity index (χ4v) is 3.39. The van der Waals surface area contributed by atoms with E-state index in [1.807, 2.05) is 47.1 Å². The number of hydrogen-bond donors (Lipinski definition) is 1. The maximum absolute atomic E-state index is 12.3. The number of carbonyl (C=O) groups excluding carboxylic acids is 1. The summed E-state index contributed by atoms with van der Waals surface area (Å²) in [4.78, 5) is 12.3. The number of para-hydroxylation sites is 1. The number of methoxy groups -OCH3 is 1. The Hall–Kier alpha value is -3.61. The van der Waals surface area contributed by atoms with E-state index in [-0.39, 0.29) is 0 Å². The van der Waals surface area contributed by atoms with Gasteiger partial charge in [-0.1, -0.05) is 42.1 Å². The van der Waals surface area contributed by atoms with Crippen LogP contribution in [0, 0.1) is 0 Å². The van der Waals surface area contributed by atoms with Crippen molar-refractivity contribution in [2.75, 3.05) is 12.4 Å². The van der Waals surface area contributed by atoms with Gasteiger partial charge in [-0.25, -0.2) is 9.48 Å². The summed E-state index contributed by atoms with van der Waals surface area (Å²) in [5.74, 6) is 0.802. The number of nitrogens with zero attached hydrogens (tertiary/aromatic N) is 3. The van der Waals surface area contributed by atoms with Crippen molar-refractivity contribution >= 4 is 17.4 Å². The molecular formula is C22H22N4O3. The van der Waals surface area contributed by atoms with Crippen molar-refractivity contribution in [3.05, 3.63) is 78.1 Å². The second kappa shape index (κ2) is 8.18. The van der Waals surface area contributed by atoms with Gasteiger partial charge in [-0.05, 0) is 48.2 Å². The van der Waals surface area contributed by atoms with E-state index in [0.717, 1.165) is 22.6 Å². The van der Waals surface area contributed by atoms with E-state index < -0.39 is 12.2 Å². The van der Waals surface area contributed by atoms with Crippen molar-refractivity contribution in [3.63, 3.8) is 0 Å². The highest BCUT2D eigenvalue weighted by Gasteiger charge is 2.31. The zero-order chi connectivity index (χ0) is 20.2. The molecule has 1 aliphatic rings. The van der Waals surface area contributed by atoms with Crippen LogP contribution >= 0.6 is 0 Å². The summed E-state index contributed by atoms with van der Waals surface area (Å²) in [6.45, 7) is 4.71. The van der Waals surface area contributed by atoms with E-state index in [1.54, 1.807) is 19.2 Å². The summed E-state index contributed by atoms with van der Waals surface area (Å²) < 4.78 is 12.7. The van der Waals surface area contributed by atoms with Crippen molar-refractivity contribution in [1.82, 2.24) is 15.0 Å². The number of benzene rings is 2. The molecule has 1 unspecified atom stereocenters. The van der Waals surface area contributed by atoms with E-state index in [9.17, 15) is 4.79 Å². The second-order valence-corrected chi connectivity index (χ2v) is 6.86. The van der Waals surface area contributed by atoms with Crippen LogP contribution < -0.4 is 10.1 Å². The molecule has 1 amide bonds. The number of amides is 1. The number of nitrogens with one attached hydrogen (secondary N) is 1. The largest absolute Gasteiger partial charge is 0.497 e. The number of rotatable bonds is 5. The van der Waals surface area contributed by atoms with Gasteiger partial charge in [0.15, 0.2) is 0 Å². The first-order valence-corrected chi connectivity index (χ1v) is 9.41. The highest BCUT2D eigenvalue weighted by molar-refractivity contribution is 5.84. The lowest BCUT2D eigenvalue weighted by atomic mass is 9.94. The molecule has 0 aliphatic heterocycles. The second-order valence-electron chi connectivity index (χ2n) is 6.86. The van der Waals surface area contributed by atoms with Gasteiger partial charge in [-0.15, -0.1) is 5.10 Å². The first kappa shape index (κ1) is 18.7. The molecule has 29 heavy (non-hydrogen) atoms. The Kier molecular flexibility index (Phi) is 5.29. The molecule has 0 bridgehead atoms. The first-order valence-electron chi connectivity index (χ1n) is 9.41. The van der Waals surface area contributed by atoms with Gasteiger partial charge in [0.05, 0.1) is 19.3 Å². The zero-order valence-electron chi connectivity index (χ0n) is 16.2. The van der Waals surface area contributed by atoms with Crippen LogP contribution in [0.4, 0.5) is 10.5 Å². The Balaban J connectivity index is 1.50. The molecule has 7 heteroatoms. The Bertz CT molecular complexity index is 1010. The number of fused-ring (bicyclic) bond motifs is 1. The van der Waals surface area contributed by atoms with Crippen LogP contribution in [0.25, 0.3) is 5.57 Å². The van der Waals surface area contributed by atoms with Gasteiger partial charge in [0, 0.05) is 5.69 Å². The molecule has 7 nitrogen and oxygen atoms in total. The summed E-state index contributed by atoms with van der Waals surface area (Å²) >= 11 is 0. The van der Waals surface area contributed by atoms with Crippen LogP contribution in [0.3, 0.4) is 0 Å². The highest BCUT2D eigenvalue weighted by Crippen LogP contribution is 2.37. The van der Waals surface area contributed by atoms with E-state index in [1.165, 1.54) is 0 Å². The van der Waals surface area contributed by atoms with Crippen LogP contribution in [0.1, 0.15) is 35.9 Å². The number of allylic oxidation sites excluding steroid dienone is 1. The SMILES string of the molecule is C=C1CCC(OC(=O)Nc2ccccc2)c2nnn(Cc3ccc(OC)cc3)c21. The van der Waals surface area contributed by atoms with Crippen LogP contribution in [-0.2, 0) is 11.3 Å². The van der Waals surface area contributed by atoms with Crippen molar-refractivity contribution in [1.29, 1.82) is 0 Å². The van der Waals surface area contributed by atoms with Crippen molar-refractivity contribution in [2.24, 2.45) is 0 Å². The molecule has 0 radical (unpaired) electrons. The molecule has 0 fully saturated rings. The number of carbonyl (C=O) groups is 1. The molecule has 1 aliphatic carbocycles. The third-order valence-electron chi connectivity index (χ3n) is 4.87. The monoisotopic (exact) mass is 390 g/mol. The molecule has 3 aromatic rings. The molecule has 1 atom stereocenters. The van der Waals surface area contributed by atoms with E-state index in [0.29, 0.717) is 30.8 Å². The van der Waals surface area contributed by atoms with Gasteiger partial charge >= 0.3 is 6.09 Å². The molecule has 1 heterocycles. The molecule has 1 aromatic heterocycles. The number of anilines is 1. The molecule has 0 saturated carbocycles. The molecule has 0 spiro atoms. The molecule has 2 aromatic carbocycles. The lowest BCUT2D eigenvalue weighted by Gasteiger charge is -2.23. The molecule has 4 rings (SSSR count). The minimum Gasteiger partial charge on any atom is -0.497 e. The third-order valence-corrected chi connectivity index (χ3v) is 4.87. The molecule has 148 valence electrons. The van der Waals surface area contributed by atoms with Crippen LogP contribution in [-0.4, -0.2) is 28.2 Å². The summed E-state index contributed by atoms with van der Waals surface area (Å²) in [7, 11) is 1.64. The average Bonchev–Trinajstić information content (AvgIpc) is 3.16. The predicted molar refractivity (Wildman–Crippen MR) is 110 cm³/mol. The Morgan fingerprint density at radius 2 is 1.97 bits per heavy atom. The zero-order valence-corrected chi connectivity index (χ0v) is 16.2. The quantitative estimate of drug-likeness (QED) is 0.697. The van der Waals surface area contributed by atoms with Crippen molar-refractivity contribution in [2.45, 2.75) is 25.5 Å². The topological polar surface area (TPSA) is 78.3 Å². The standard InChI is InChI=1S/C22H22N4O3/c1-15-8-13-19(29-22(27)23-17-6-4-3-5-7-17)20-21(15)26(25-24-20)14-16-9-11-18(28-2)12-10-16/h3-7,9-12,19H,1,8,13-14H2,2H3,(H,23,27). The Morgan fingerprint density at radius 1 is 1.21 bits per heavy atom. The number of aromatic nitrogens is 3. The Labute approximate surface area is 169 Å². The fraction of sp³-hybridized carbons (Fsp3) is 0.227. The minimum atomic E-state index is -0.510. The van der Waals surface area contributed by atoms with E-state index in [4.69, 9.17) is 9.47 Å². The van der Waals surface area contributed by atoms with Gasteiger partial charge in [0.1, 0.15) is 17.5 Å². The first-order chi connectivity index (χ1) is 14.1. The van der Waals surface area contributed by atoms with Gasteiger partial charge in [-0.2, -0.15) is 0 Å². The van der Waals surface area contributed by atoms with Gasteiger partial charge in [-0.3, -0.25) is 5.32 Å². The lowest BCUT2D eigenvalue weighted by molar-refractivity contribution is 0.102. The van der Waals surface area contributed by atoms with Crippen LogP contribution in [0.5, 0.6) is 5.75 Å². The van der Waals surface area contributed by atoms with Crippen molar-refractivity contribution in [3.8, 4) is 5.75 Å². The van der Waals surface area contributed by atoms with Crippen LogP contribution in [0.2, 0.25) is 0 Å². The maximum Gasteiger partial charge on any atom is 0.412 e. The van der Waals surface area contributed by atoms with E-state index >= 15 is 0 Å². The summed E-state index contributed by atoms with van der Waals surface area (Å²) in [6, 6.07) is 17.0. The normalized spacial score (nSPS) is 15.5. The van der Waals surface area contributed by atoms with E-state index in [2.05, 4.69) is 22.2 Å². The fourth-order valence-electron chi connectivity index (χ4n) is 3.39. The number of hydrogen-bond acceptors (Lipinski definition) is 5. The predicted octanol–water partition coefficient (Wildman–Crippen LogP) is 4.43. The highest BCUT2D eigenvalue weighted by atomic mass is 16.6. The number of ether oxygens (including phenoxy) is 2. The average molecular weight is 390 g/mol. The van der Waals surface area contributed by atoms with Crippen molar-refractivity contribution < 1.29 is 14.3 Å². The molecular weight excluding hydrogens is 368 g/mol. The smallest absolute Gasteiger partial charge is 0.412 e. The summed E-state index contributed by atoms with van der Waals surface area (Å²) in [6.07, 6.45) is 0.384. The maximum atomic E-state index is 12.3. The van der Waals surface area contributed by atoms with Crippen LogP contribution in [0.15, 0.2) is 61.2 Å². The molecule has 1 N–H and O–H groups in total. The minimum absolute atomic E-state index is 0.455. The lowest BCUT2D eigenvalue weighted by Crippen LogP contribution is -2.21. The third kappa shape index (κ3) is 4.13. The Morgan fingerprint density at radius 3 is 2.69 bits per heavy atom. The molecule has 0 saturated heterocycles. The summed E-state index contributed by atoms with van der Waals surface area (Å²) in [5.41, 5.74) is 4.18. The van der Waals surface area contributed by atoms with Gasteiger partial charge in [0.25, 0.3) is 0 Å². The van der Waals surface area contributed by atoms with Gasteiger partial charge in [0.2, 0.25) is 0 Å². The van der Waals surface area contributed by atoms with Gasteiger partial charge < -0.3 is 9.47 Å². The summed E-state index contributed by atoms with van der Waals surface area (Å²) in [5, 5.41) is 11.3.